The van der Waals surface area contributed by atoms with E-state index in [1.54, 1.807) is 6.08 Å². The number of hydrogen-bond acceptors (Lipinski definition) is 5. The van der Waals surface area contributed by atoms with Crippen LogP contribution in [0.2, 0.25) is 0 Å². The van der Waals surface area contributed by atoms with Crippen LogP contribution in [0.5, 0.6) is 0 Å². The van der Waals surface area contributed by atoms with Crippen molar-refractivity contribution in [1.29, 1.82) is 0 Å². The second kappa shape index (κ2) is 9.55. The topological polar surface area (TPSA) is 63.4 Å². The summed E-state index contributed by atoms with van der Waals surface area (Å²) in [5, 5.41) is 11.0. The maximum atomic E-state index is 12.1. The van der Waals surface area contributed by atoms with Gasteiger partial charge in [-0.3, -0.25) is 14.9 Å². The van der Waals surface area contributed by atoms with Gasteiger partial charge in [-0.15, -0.1) is 0 Å². The Labute approximate surface area is 170 Å². The van der Waals surface area contributed by atoms with Crippen molar-refractivity contribution in [2.75, 3.05) is 17.2 Å². The molecule has 0 spiro atoms. The number of hydrogen-bond donors (Lipinski definition) is 1. The number of allylic oxidation sites excluding steroid dienone is 7. The Morgan fingerprint density at radius 2 is 1.89 bits per heavy atom. The number of carbonyl (C=O) groups is 1. The van der Waals surface area contributed by atoms with Crippen LogP contribution in [-0.2, 0) is 11.2 Å². The summed E-state index contributed by atoms with van der Waals surface area (Å²) < 4.78 is 0. The maximum Gasteiger partial charge on any atom is 0.270 e. The number of thiol groups is 1. The molecule has 146 valence electrons. The minimum absolute atomic E-state index is 0.0694. The van der Waals surface area contributed by atoms with Gasteiger partial charge in [0.1, 0.15) is 0 Å². The van der Waals surface area contributed by atoms with Crippen molar-refractivity contribution in [2.45, 2.75) is 32.1 Å². The van der Waals surface area contributed by atoms with Crippen LogP contribution >= 0.6 is 12.6 Å². The van der Waals surface area contributed by atoms with Crippen molar-refractivity contribution in [1.82, 2.24) is 0 Å². The van der Waals surface area contributed by atoms with Gasteiger partial charge in [-0.05, 0) is 48.5 Å². The molecule has 3 rings (SSSR count). The highest BCUT2D eigenvalue weighted by Gasteiger charge is 2.23. The highest BCUT2D eigenvalue weighted by molar-refractivity contribution is 7.80. The second-order valence-corrected chi connectivity index (χ2v) is 7.35. The molecule has 0 amide bonds. The van der Waals surface area contributed by atoms with E-state index in [4.69, 9.17) is 0 Å². The zero-order valence-electron chi connectivity index (χ0n) is 15.7. The van der Waals surface area contributed by atoms with E-state index in [9.17, 15) is 14.9 Å². The molecule has 1 aliphatic carbocycles. The molecule has 1 aromatic carbocycles. The predicted octanol–water partition coefficient (Wildman–Crippen LogP) is 4.65. The molecule has 6 heteroatoms. The molecule has 0 N–H and O–H groups in total. The lowest BCUT2D eigenvalue weighted by molar-refractivity contribution is -0.419. The van der Waals surface area contributed by atoms with E-state index in [-0.39, 0.29) is 11.5 Å². The molecule has 5 nitrogen and oxygen atoms in total. The summed E-state index contributed by atoms with van der Waals surface area (Å²) in [5.41, 5.74) is 3.85. The molecular weight excluding hydrogens is 372 g/mol. The normalized spacial score (nSPS) is 18.7. The van der Waals surface area contributed by atoms with Gasteiger partial charge in [-0.2, -0.15) is 12.6 Å². The molecule has 28 heavy (non-hydrogen) atoms. The quantitative estimate of drug-likeness (QED) is 0.228. The number of carbonyl (C=O) groups excluding carboxylic acids is 1. The van der Waals surface area contributed by atoms with Crippen LogP contribution in [0.25, 0.3) is 0 Å². The Bertz CT molecular complexity index is 884. The first-order valence-corrected chi connectivity index (χ1v) is 10.2. The lowest BCUT2D eigenvalue weighted by Gasteiger charge is -2.21. The van der Waals surface area contributed by atoms with Crippen LogP contribution in [0, 0.1) is 10.1 Å². The summed E-state index contributed by atoms with van der Waals surface area (Å²) in [6.45, 7) is 0.919. The second-order valence-electron chi connectivity index (χ2n) is 6.90. The first kappa shape index (κ1) is 20.1. The summed E-state index contributed by atoms with van der Waals surface area (Å²) in [7, 11) is 0. The molecular formula is C22H24N2O3S. The zero-order valence-corrected chi connectivity index (χ0v) is 16.6. The van der Waals surface area contributed by atoms with Crippen LogP contribution in [-0.4, -0.2) is 23.0 Å². The van der Waals surface area contributed by atoms with E-state index in [1.165, 1.54) is 35.9 Å². The molecule has 0 radical (unpaired) electrons. The number of para-hydroxylation sites is 1. The van der Waals surface area contributed by atoms with Gasteiger partial charge in [-0.25, -0.2) is 0 Å². The third-order valence-electron chi connectivity index (χ3n) is 4.95. The first-order valence-electron chi connectivity index (χ1n) is 9.56. The standard InChI is InChI=1S/C22H24N2O3S/c25-22-12-11-20(24(26)27)16-18(22)9-10-19-15-17-7-3-4-8-21(17)23(19)13-5-1-2-6-14-28/h3-4,7-12,16,28H,1-2,5-6,13-15H2/b18-9+,19-10+. The maximum absolute atomic E-state index is 12.1. The van der Waals surface area contributed by atoms with E-state index < -0.39 is 4.92 Å². The molecule has 0 saturated carbocycles. The molecule has 0 fully saturated rings. The first-order chi connectivity index (χ1) is 13.6. The largest absolute Gasteiger partial charge is 0.345 e. The monoisotopic (exact) mass is 396 g/mol. The van der Waals surface area contributed by atoms with E-state index in [2.05, 4.69) is 29.7 Å². The third kappa shape index (κ3) is 4.81. The Balaban J connectivity index is 1.79. The van der Waals surface area contributed by atoms with Crippen molar-refractivity contribution in [3.63, 3.8) is 0 Å². The van der Waals surface area contributed by atoms with Gasteiger partial charge in [-0.1, -0.05) is 31.0 Å². The Hall–Kier alpha value is -2.60. The fraction of sp³-hybridized carbons (Fsp3) is 0.318. The van der Waals surface area contributed by atoms with Crippen LogP contribution < -0.4 is 4.90 Å². The van der Waals surface area contributed by atoms with Gasteiger partial charge in [0.15, 0.2) is 5.78 Å². The Morgan fingerprint density at radius 3 is 2.68 bits per heavy atom. The average Bonchev–Trinajstić information content (AvgIpc) is 3.04. The van der Waals surface area contributed by atoms with Crippen molar-refractivity contribution < 1.29 is 9.72 Å². The molecule has 1 aromatic rings. The van der Waals surface area contributed by atoms with Crippen LogP contribution in [0.15, 0.2) is 71.6 Å². The minimum atomic E-state index is -0.480. The number of benzene rings is 1. The lowest BCUT2D eigenvalue weighted by atomic mass is 10.0. The molecule has 2 aliphatic rings. The number of nitrogens with zero attached hydrogens (tertiary/aromatic N) is 2. The third-order valence-corrected chi connectivity index (χ3v) is 5.27. The molecule has 0 aromatic heterocycles. The Morgan fingerprint density at radius 1 is 1.11 bits per heavy atom. The Kier molecular flexibility index (Phi) is 6.87. The summed E-state index contributed by atoms with van der Waals surface area (Å²) in [4.78, 5) is 24.9. The number of unbranched alkanes of at least 4 members (excludes halogenated alkanes) is 3. The summed E-state index contributed by atoms with van der Waals surface area (Å²) in [5.74, 6) is 0.712. The van der Waals surface area contributed by atoms with Gasteiger partial charge >= 0.3 is 0 Å². The molecule has 1 aliphatic heterocycles. The summed E-state index contributed by atoms with van der Waals surface area (Å²) in [6.07, 6.45) is 12.8. The number of fused-ring (bicyclic) bond motifs is 1. The zero-order chi connectivity index (χ0) is 19.9. The smallest absolute Gasteiger partial charge is 0.270 e. The van der Waals surface area contributed by atoms with Gasteiger partial charge in [0.05, 0.1) is 4.92 Å². The predicted molar refractivity (Wildman–Crippen MR) is 115 cm³/mol. The fourth-order valence-electron chi connectivity index (χ4n) is 3.48. The highest BCUT2D eigenvalue weighted by atomic mass is 32.1. The molecule has 0 bridgehead atoms. The van der Waals surface area contributed by atoms with Crippen LogP contribution in [0.1, 0.15) is 31.2 Å². The molecule has 0 saturated heterocycles. The SMILES string of the molecule is O=C1C=CC([N+](=O)[O-])=C/C1=C\C=C1/Cc2ccccc2N1CCCCCCS. The van der Waals surface area contributed by atoms with Crippen molar-refractivity contribution in [3.05, 3.63) is 87.3 Å². The fourth-order valence-corrected chi connectivity index (χ4v) is 3.71. The molecule has 0 unspecified atom stereocenters. The van der Waals surface area contributed by atoms with E-state index >= 15 is 0 Å². The average molecular weight is 397 g/mol. The van der Waals surface area contributed by atoms with Crippen LogP contribution in [0.3, 0.4) is 0 Å². The number of rotatable bonds is 8. The van der Waals surface area contributed by atoms with E-state index in [0.717, 1.165) is 43.7 Å². The number of anilines is 1. The van der Waals surface area contributed by atoms with Gasteiger partial charge < -0.3 is 4.90 Å². The summed E-state index contributed by atoms with van der Waals surface area (Å²) >= 11 is 4.26. The van der Waals surface area contributed by atoms with E-state index in [0.29, 0.717) is 5.57 Å². The molecule has 0 atom stereocenters. The lowest BCUT2D eigenvalue weighted by Crippen LogP contribution is -2.20. The van der Waals surface area contributed by atoms with Crippen molar-refractivity contribution in [3.8, 4) is 0 Å². The van der Waals surface area contributed by atoms with Gasteiger partial charge in [0.2, 0.25) is 0 Å². The summed E-state index contributed by atoms with van der Waals surface area (Å²) in [6, 6.07) is 8.31. The van der Waals surface area contributed by atoms with Crippen molar-refractivity contribution in [2.24, 2.45) is 0 Å². The number of ketones is 1. The van der Waals surface area contributed by atoms with Crippen LogP contribution in [0.4, 0.5) is 5.69 Å². The highest BCUT2D eigenvalue weighted by Crippen LogP contribution is 2.34. The van der Waals surface area contributed by atoms with Crippen molar-refractivity contribution >= 4 is 24.1 Å². The van der Waals surface area contributed by atoms with Gasteiger partial charge in [0, 0.05) is 42.1 Å². The number of nitro groups is 1. The minimum Gasteiger partial charge on any atom is -0.345 e. The van der Waals surface area contributed by atoms with E-state index in [1.807, 2.05) is 18.2 Å². The van der Waals surface area contributed by atoms with Gasteiger partial charge in [0.25, 0.3) is 5.70 Å². The molecule has 1 heterocycles.